The lowest BCUT2D eigenvalue weighted by molar-refractivity contribution is 0.817. The smallest absolute Gasteiger partial charge is 0.0464 e. The average Bonchev–Trinajstić information content (AvgIpc) is 2.32. The molecule has 1 unspecified atom stereocenters. The lowest BCUT2D eigenvalue weighted by Gasteiger charge is -2.10. The monoisotopic (exact) mass is 277 g/mol. The first-order chi connectivity index (χ1) is 8.58. The summed E-state index contributed by atoms with van der Waals surface area (Å²) in [6.07, 6.45) is 0. The summed E-state index contributed by atoms with van der Waals surface area (Å²) in [4.78, 5) is 2.39. The van der Waals surface area contributed by atoms with E-state index in [-0.39, 0.29) is 6.04 Å². The maximum Gasteiger partial charge on any atom is 0.0464 e. The maximum atomic E-state index is 6.24. The van der Waals surface area contributed by atoms with Crippen LogP contribution in [0.1, 0.15) is 24.1 Å². The summed E-state index contributed by atoms with van der Waals surface area (Å²) in [5, 5.41) is 0.739. The topological polar surface area (TPSA) is 26.0 Å². The summed E-state index contributed by atoms with van der Waals surface area (Å²) in [6, 6.07) is 14.4. The molecule has 1 nitrogen and oxygen atoms in total. The lowest BCUT2D eigenvalue weighted by atomic mass is 10.1. The van der Waals surface area contributed by atoms with Gasteiger partial charge in [0.05, 0.1) is 0 Å². The Morgan fingerprint density at radius 2 is 1.89 bits per heavy atom. The fraction of sp³-hybridized carbons (Fsp3) is 0.200. The van der Waals surface area contributed by atoms with Crippen LogP contribution in [0.4, 0.5) is 0 Å². The molecular formula is C15H16ClNS. The standard InChI is InChI=1S/C15H16ClNS/c1-10-5-3-4-6-15(10)18-12-7-8-13(11(2)17)14(16)9-12/h3-9,11H,17H2,1-2H3. The second kappa shape index (κ2) is 5.79. The van der Waals surface area contributed by atoms with Crippen LogP contribution in [0, 0.1) is 6.92 Å². The van der Waals surface area contributed by atoms with Gasteiger partial charge in [0.2, 0.25) is 0 Å². The van der Waals surface area contributed by atoms with E-state index in [1.165, 1.54) is 10.5 Å². The number of hydrogen-bond donors (Lipinski definition) is 1. The molecule has 2 N–H and O–H groups in total. The van der Waals surface area contributed by atoms with E-state index in [0.29, 0.717) is 0 Å². The highest BCUT2D eigenvalue weighted by Crippen LogP contribution is 2.33. The van der Waals surface area contributed by atoms with Crippen molar-refractivity contribution in [2.24, 2.45) is 5.73 Å². The van der Waals surface area contributed by atoms with Crippen LogP contribution in [0.15, 0.2) is 52.3 Å². The van der Waals surface area contributed by atoms with Crippen molar-refractivity contribution >= 4 is 23.4 Å². The lowest BCUT2D eigenvalue weighted by Crippen LogP contribution is -2.05. The zero-order valence-electron chi connectivity index (χ0n) is 10.5. The number of benzene rings is 2. The van der Waals surface area contributed by atoms with Gasteiger partial charge in [0.1, 0.15) is 0 Å². The molecule has 0 radical (unpaired) electrons. The average molecular weight is 278 g/mol. The van der Waals surface area contributed by atoms with E-state index in [4.69, 9.17) is 17.3 Å². The van der Waals surface area contributed by atoms with Crippen molar-refractivity contribution < 1.29 is 0 Å². The summed E-state index contributed by atoms with van der Waals surface area (Å²) in [7, 11) is 0. The normalized spacial score (nSPS) is 12.4. The number of hydrogen-bond acceptors (Lipinski definition) is 2. The molecule has 0 spiro atoms. The van der Waals surface area contributed by atoms with Crippen molar-refractivity contribution in [1.29, 1.82) is 0 Å². The predicted molar refractivity (Wildman–Crippen MR) is 79.4 cm³/mol. The van der Waals surface area contributed by atoms with E-state index >= 15 is 0 Å². The molecule has 94 valence electrons. The van der Waals surface area contributed by atoms with Crippen molar-refractivity contribution in [2.45, 2.75) is 29.7 Å². The molecule has 1 atom stereocenters. The molecule has 3 heteroatoms. The van der Waals surface area contributed by atoms with E-state index in [1.54, 1.807) is 11.8 Å². The molecule has 0 fully saturated rings. The van der Waals surface area contributed by atoms with Crippen LogP contribution in [0.25, 0.3) is 0 Å². The number of halogens is 1. The van der Waals surface area contributed by atoms with Crippen molar-refractivity contribution in [3.05, 3.63) is 58.6 Å². The van der Waals surface area contributed by atoms with Crippen LogP contribution < -0.4 is 5.73 Å². The Balaban J connectivity index is 2.26. The summed E-state index contributed by atoms with van der Waals surface area (Å²) in [5.74, 6) is 0. The molecule has 0 aliphatic carbocycles. The number of rotatable bonds is 3. The first-order valence-electron chi connectivity index (χ1n) is 5.86. The van der Waals surface area contributed by atoms with Crippen LogP contribution in [0.3, 0.4) is 0 Å². The van der Waals surface area contributed by atoms with Gasteiger partial charge in [-0.15, -0.1) is 0 Å². The highest BCUT2D eigenvalue weighted by molar-refractivity contribution is 7.99. The van der Waals surface area contributed by atoms with Crippen LogP contribution in [0.5, 0.6) is 0 Å². The predicted octanol–water partition coefficient (Wildman–Crippen LogP) is 4.82. The van der Waals surface area contributed by atoms with E-state index in [0.717, 1.165) is 15.5 Å². The Bertz CT molecular complexity index is 552. The molecule has 2 rings (SSSR count). The maximum absolute atomic E-state index is 6.24. The second-order valence-corrected chi connectivity index (χ2v) is 5.86. The Labute approximate surface area is 117 Å². The van der Waals surface area contributed by atoms with Gasteiger partial charge in [-0.2, -0.15) is 0 Å². The van der Waals surface area contributed by atoms with Crippen molar-refractivity contribution in [1.82, 2.24) is 0 Å². The Morgan fingerprint density at radius 1 is 1.17 bits per heavy atom. The van der Waals surface area contributed by atoms with Gasteiger partial charge in [-0.25, -0.2) is 0 Å². The zero-order chi connectivity index (χ0) is 13.1. The van der Waals surface area contributed by atoms with Crippen LogP contribution in [0.2, 0.25) is 5.02 Å². The third-order valence-corrected chi connectivity index (χ3v) is 4.28. The molecule has 0 saturated heterocycles. The van der Waals surface area contributed by atoms with Gasteiger partial charge < -0.3 is 5.73 Å². The molecule has 0 aromatic heterocycles. The number of nitrogens with two attached hydrogens (primary N) is 1. The van der Waals surface area contributed by atoms with E-state index in [9.17, 15) is 0 Å². The van der Waals surface area contributed by atoms with Crippen molar-refractivity contribution in [2.75, 3.05) is 0 Å². The van der Waals surface area contributed by atoms with E-state index < -0.39 is 0 Å². The molecule has 2 aromatic carbocycles. The molecule has 0 heterocycles. The third kappa shape index (κ3) is 3.08. The third-order valence-electron chi connectivity index (χ3n) is 2.78. The minimum absolute atomic E-state index is 0.0324. The van der Waals surface area contributed by atoms with Crippen molar-refractivity contribution in [3.8, 4) is 0 Å². The Hall–Kier alpha value is -0.960. The molecule has 0 bridgehead atoms. The largest absolute Gasteiger partial charge is 0.324 e. The minimum atomic E-state index is -0.0324. The first kappa shape index (κ1) is 13.5. The first-order valence-corrected chi connectivity index (χ1v) is 7.06. The number of aryl methyl sites for hydroxylation is 1. The minimum Gasteiger partial charge on any atom is -0.324 e. The van der Waals surface area contributed by atoms with Crippen LogP contribution >= 0.6 is 23.4 Å². The van der Waals surface area contributed by atoms with Crippen LogP contribution in [-0.4, -0.2) is 0 Å². The molecule has 0 saturated carbocycles. The van der Waals surface area contributed by atoms with E-state index in [2.05, 4.69) is 25.1 Å². The molecular weight excluding hydrogens is 262 g/mol. The highest BCUT2D eigenvalue weighted by Gasteiger charge is 2.07. The van der Waals surface area contributed by atoms with Gasteiger partial charge in [0.15, 0.2) is 0 Å². The Kier molecular flexibility index (Phi) is 4.33. The second-order valence-electron chi connectivity index (χ2n) is 4.34. The van der Waals surface area contributed by atoms with Gasteiger partial charge in [0, 0.05) is 20.9 Å². The molecule has 18 heavy (non-hydrogen) atoms. The van der Waals surface area contributed by atoms with E-state index in [1.807, 2.05) is 31.2 Å². The zero-order valence-corrected chi connectivity index (χ0v) is 12.1. The van der Waals surface area contributed by atoms with Gasteiger partial charge in [0.25, 0.3) is 0 Å². The molecule has 2 aromatic rings. The highest BCUT2D eigenvalue weighted by atomic mass is 35.5. The summed E-state index contributed by atoms with van der Waals surface area (Å²) >= 11 is 7.96. The van der Waals surface area contributed by atoms with Crippen LogP contribution in [-0.2, 0) is 0 Å². The Morgan fingerprint density at radius 3 is 2.50 bits per heavy atom. The molecule has 0 amide bonds. The van der Waals surface area contributed by atoms with Gasteiger partial charge in [-0.3, -0.25) is 0 Å². The SMILES string of the molecule is Cc1ccccc1Sc1ccc(C(C)N)c(Cl)c1. The molecule has 0 aliphatic rings. The van der Waals surface area contributed by atoms with Gasteiger partial charge in [-0.1, -0.05) is 47.6 Å². The molecule has 0 aliphatic heterocycles. The summed E-state index contributed by atoms with van der Waals surface area (Å²) in [6.45, 7) is 4.05. The summed E-state index contributed by atoms with van der Waals surface area (Å²) < 4.78 is 0. The fourth-order valence-electron chi connectivity index (χ4n) is 1.74. The summed E-state index contributed by atoms with van der Waals surface area (Å²) in [5.41, 5.74) is 8.11. The van der Waals surface area contributed by atoms with Crippen molar-refractivity contribution in [3.63, 3.8) is 0 Å². The van der Waals surface area contributed by atoms with Gasteiger partial charge >= 0.3 is 0 Å². The quantitative estimate of drug-likeness (QED) is 0.870. The fourth-order valence-corrected chi connectivity index (χ4v) is 3.10. The van der Waals surface area contributed by atoms with Gasteiger partial charge in [-0.05, 0) is 43.2 Å².